The van der Waals surface area contributed by atoms with Crippen LogP contribution in [0.1, 0.15) is 44.1 Å². The first-order chi connectivity index (χ1) is 10.3. The van der Waals surface area contributed by atoms with E-state index >= 15 is 0 Å². The zero-order chi connectivity index (χ0) is 14.1. The fourth-order valence-electron chi connectivity index (χ4n) is 5.24. The lowest BCUT2D eigenvalue weighted by atomic mass is 9.50. The van der Waals surface area contributed by atoms with Crippen molar-refractivity contribution in [2.75, 3.05) is 6.61 Å². The fourth-order valence-corrected chi connectivity index (χ4v) is 5.24. The molecule has 0 radical (unpaired) electrons. The van der Waals surface area contributed by atoms with Gasteiger partial charge in [0, 0.05) is 18.0 Å². The van der Waals surface area contributed by atoms with E-state index in [0.29, 0.717) is 5.41 Å². The predicted octanol–water partition coefficient (Wildman–Crippen LogP) is 3.15. The number of hydrazone groups is 1. The third-order valence-corrected chi connectivity index (χ3v) is 5.56. The van der Waals surface area contributed by atoms with Crippen LogP contribution in [0.3, 0.4) is 0 Å². The Bertz CT molecular complexity index is 479. The summed E-state index contributed by atoms with van der Waals surface area (Å²) in [6.07, 6.45) is 13.8. The highest BCUT2D eigenvalue weighted by molar-refractivity contribution is 5.78. The monoisotopic (exact) mass is 285 g/mol. The van der Waals surface area contributed by atoms with Crippen LogP contribution in [0.2, 0.25) is 0 Å². The van der Waals surface area contributed by atoms with Crippen LogP contribution in [-0.2, 0) is 4.84 Å². The smallest absolute Gasteiger partial charge is 0.0821 e. The van der Waals surface area contributed by atoms with Crippen LogP contribution in [0.4, 0.5) is 0 Å². The molecule has 0 saturated heterocycles. The predicted molar refractivity (Wildman–Crippen MR) is 81.5 cm³/mol. The third kappa shape index (κ3) is 2.82. The molecule has 1 aromatic rings. The number of rotatable bonds is 5. The number of hydrogen-bond donors (Lipinski definition) is 1. The van der Waals surface area contributed by atoms with Crippen LogP contribution in [0.15, 0.2) is 29.6 Å². The quantitative estimate of drug-likeness (QED) is 0.513. The molecule has 112 valence electrons. The van der Waals surface area contributed by atoms with E-state index < -0.39 is 0 Å². The largest absolute Gasteiger partial charge is 0.264 e. The van der Waals surface area contributed by atoms with Gasteiger partial charge in [0.1, 0.15) is 0 Å². The third-order valence-electron chi connectivity index (χ3n) is 5.56. The van der Waals surface area contributed by atoms with Crippen molar-refractivity contribution in [2.24, 2.45) is 28.3 Å². The summed E-state index contributed by atoms with van der Waals surface area (Å²) < 4.78 is 0. The van der Waals surface area contributed by atoms with Crippen molar-refractivity contribution in [3.05, 3.63) is 30.1 Å². The highest BCUT2D eigenvalue weighted by Crippen LogP contribution is 2.59. The number of hydrogen-bond acceptors (Lipinski definition) is 4. The average molecular weight is 285 g/mol. The molecule has 4 bridgehead atoms. The maximum atomic E-state index is 5.67. The second-order valence-electron chi connectivity index (χ2n) is 7.34. The maximum Gasteiger partial charge on any atom is 0.0821 e. The summed E-state index contributed by atoms with van der Waals surface area (Å²) in [5, 5.41) is 4.12. The average Bonchev–Trinajstić information content (AvgIpc) is 2.46. The molecule has 4 saturated carbocycles. The van der Waals surface area contributed by atoms with Gasteiger partial charge in [-0.25, -0.2) is 0 Å². The van der Waals surface area contributed by atoms with Crippen molar-refractivity contribution >= 4 is 6.21 Å². The van der Waals surface area contributed by atoms with E-state index in [2.05, 4.69) is 15.7 Å². The molecular weight excluding hydrogens is 262 g/mol. The Morgan fingerprint density at radius 3 is 2.57 bits per heavy atom. The van der Waals surface area contributed by atoms with E-state index in [0.717, 1.165) is 29.9 Å². The topological polar surface area (TPSA) is 46.5 Å². The maximum absolute atomic E-state index is 5.67. The Kier molecular flexibility index (Phi) is 3.42. The van der Waals surface area contributed by atoms with Crippen LogP contribution in [0, 0.1) is 23.2 Å². The highest BCUT2D eigenvalue weighted by atomic mass is 16.7. The first-order valence-electron chi connectivity index (χ1n) is 8.11. The SMILES string of the molecule is C(=N\NOCC12CC3CC(CC(C3)C1)C2)/c1cccnc1. The van der Waals surface area contributed by atoms with E-state index in [4.69, 9.17) is 4.84 Å². The first-order valence-corrected chi connectivity index (χ1v) is 8.11. The van der Waals surface area contributed by atoms with Gasteiger partial charge >= 0.3 is 0 Å². The van der Waals surface area contributed by atoms with Gasteiger partial charge < -0.3 is 0 Å². The molecule has 4 heteroatoms. The van der Waals surface area contributed by atoms with E-state index in [1.807, 2.05) is 12.1 Å². The van der Waals surface area contributed by atoms with E-state index in [9.17, 15) is 0 Å². The Hall–Kier alpha value is -1.42. The van der Waals surface area contributed by atoms with Crippen LogP contribution < -0.4 is 5.59 Å². The Morgan fingerprint density at radius 1 is 1.24 bits per heavy atom. The Balaban J connectivity index is 1.28. The molecule has 4 nitrogen and oxygen atoms in total. The molecule has 0 aliphatic heterocycles. The van der Waals surface area contributed by atoms with Crippen molar-refractivity contribution < 1.29 is 4.84 Å². The van der Waals surface area contributed by atoms with Crippen LogP contribution >= 0.6 is 0 Å². The lowest BCUT2D eigenvalue weighted by Crippen LogP contribution is -2.48. The molecule has 1 N–H and O–H groups in total. The van der Waals surface area contributed by atoms with E-state index in [1.54, 1.807) is 18.6 Å². The Labute approximate surface area is 125 Å². The minimum atomic E-state index is 0.436. The van der Waals surface area contributed by atoms with Crippen molar-refractivity contribution in [1.82, 2.24) is 10.6 Å². The lowest BCUT2D eigenvalue weighted by molar-refractivity contribution is -0.116. The summed E-state index contributed by atoms with van der Waals surface area (Å²) >= 11 is 0. The van der Waals surface area contributed by atoms with Gasteiger partial charge in [0.2, 0.25) is 0 Å². The summed E-state index contributed by atoms with van der Waals surface area (Å²) in [4.78, 5) is 9.72. The molecule has 21 heavy (non-hydrogen) atoms. The molecule has 0 unspecified atom stereocenters. The summed E-state index contributed by atoms with van der Waals surface area (Å²) in [6.45, 7) is 0.806. The first kappa shape index (κ1) is 13.3. The van der Waals surface area contributed by atoms with Crippen molar-refractivity contribution in [1.29, 1.82) is 0 Å². The fraction of sp³-hybridized carbons (Fsp3) is 0.647. The molecule has 0 atom stereocenters. The minimum Gasteiger partial charge on any atom is -0.264 e. The molecule has 4 aliphatic carbocycles. The molecule has 0 aromatic carbocycles. The van der Waals surface area contributed by atoms with Crippen LogP contribution in [0.25, 0.3) is 0 Å². The number of nitrogens with one attached hydrogen (secondary N) is 1. The number of nitrogens with zero attached hydrogens (tertiary/aromatic N) is 2. The Morgan fingerprint density at radius 2 is 1.95 bits per heavy atom. The normalized spacial score (nSPS) is 37.2. The molecule has 0 spiro atoms. The van der Waals surface area contributed by atoms with Gasteiger partial charge in [0.05, 0.1) is 12.8 Å². The van der Waals surface area contributed by atoms with Gasteiger partial charge in [-0.15, -0.1) is 0 Å². The zero-order valence-electron chi connectivity index (χ0n) is 12.4. The highest BCUT2D eigenvalue weighted by Gasteiger charge is 2.51. The summed E-state index contributed by atoms with van der Waals surface area (Å²) in [7, 11) is 0. The molecule has 5 rings (SSSR count). The standard InChI is InChI=1S/C17H23N3O/c1-2-13(10-18-3-1)11-19-20-21-12-17-7-14-4-15(8-17)6-16(5-14)9-17/h1-3,10-11,14-16,20H,4-9,12H2/b19-11+. The number of aromatic nitrogens is 1. The molecule has 1 heterocycles. The van der Waals surface area contributed by atoms with Crippen molar-refractivity contribution in [2.45, 2.75) is 38.5 Å². The summed E-state index contributed by atoms with van der Waals surface area (Å²) in [5.74, 6) is 2.91. The number of pyridine rings is 1. The second-order valence-corrected chi connectivity index (χ2v) is 7.34. The van der Waals surface area contributed by atoms with E-state index in [1.165, 1.54) is 38.5 Å². The second kappa shape index (κ2) is 5.41. The van der Waals surface area contributed by atoms with Gasteiger partial charge in [-0.05, 0) is 67.8 Å². The van der Waals surface area contributed by atoms with E-state index in [-0.39, 0.29) is 0 Å². The summed E-state index contributed by atoms with van der Waals surface area (Å²) in [5.41, 5.74) is 4.16. The zero-order valence-corrected chi connectivity index (χ0v) is 12.4. The van der Waals surface area contributed by atoms with Crippen molar-refractivity contribution in [3.63, 3.8) is 0 Å². The molecular formula is C17H23N3O. The van der Waals surface area contributed by atoms with Gasteiger partial charge in [-0.1, -0.05) is 6.07 Å². The molecule has 1 aromatic heterocycles. The summed E-state index contributed by atoms with van der Waals surface area (Å²) in [6, 6.07) is 3.87. The molecule has 4 fully saturated rings. The van der Waals surface area contributed by atoms with Gasteiger partial charge in [0.25, 0.3) is 0 Å². The molecule has 0 amide bonds. The molecule has 4 aliphatic rings. The van der Waals surface area contributed by atoms with Gasteiger partial charge in [-0.3, -0.25) is 9.82 Å². The van der Waals surface area contributed by atoms with Crippen molar-refractivity contribution in [3.8, 4) is 0 Å². The van der Waals surface area contributed by atoms with Crippen LogP contribution in [-0.4, -0.2) is 17.8 Å². The minimum absolute atomic E-state index is 0.436. The van der Waals surface area contributed by atoms with Gasteiger partial charge in [0.15, 0.2) is 0 Å². The van der Waals surface area contributed by atoms with Gasteiger partial charge in [-0.2, -0.15) is 10.7 Å². The van der Waals surface area contributed by atoms with Crippen LogP contribution in [0.5, 0.6) is 0 Å². The lowest BCUT2D eigenvalue weighted by Gasteiger charge is -2.56.